The van der Waals surface area contributed by atoms with Crippen molar-refractivity contribution in [3.63, 3.8) is 0 Å². The molecule has 1 amide bonds. The summed E-state index contributed by atoms with van der Waals surface area (Å²) in [5, 5.41) is 3.99. The molecule has 2 aromatic rings. The summed E-state index contributed by atoms with van der Waals surface area (Å²) in [7, 11) is 0. The van der Waals surface area contributed by atoms with Crippen molar-refractivity contribution in [2.45, 2.75) is 13.3 Å². The second-order valence-corrected chi connectivity index (χ2v) is 2.92. The van der Waals surface area contributed by atoms with Crippen LogP contribution in [0, 0.1) is 0 Å². The Morgan fingerprint density at radius 2 is 2.40 bits per heavy atom. The zero-order valence-electron chi connectivity index (χ0n) is 8.14. The van der Waals surface area contributed by atoms with Gasteiger partial charge in [-0.1, -0.05) is 6.92 Å². The maximum atomic E-state index is 11.4. The second-order valence-electron chi connectivity index (χ2n) is 2.92. The van der Waals surface area contributed by atoms with Crippen molar-refractivity contribution in [1.82, 2.24) is 25.0 Å². The van der Waals surface area contributed by atoms with Crippen LogP contribution in [0.5, 0.6) is 0 Å². The summed E-state index contributed by atoms with van der Waals surface area (Å²) >= 11 is 0. The molecule has 2 rings (SSSR count). The minimum absolute atomic E-state index is 0.378. The minimum Gasteiger partial charge on any atom is -0.290 e. The van der Waals surface area contributed by atoms with Gasteiger partial charge in [0, 0.05) is 6.20 Å². The van der Waals surface area contributed by atoms with E-state index < -0.39 is 0 Å². The van der Waals surface area contributed by atoms with E-state index in [0.717, 1.165) is 5.69 Å². The van der Waals surface area contributed by atoms with Gasteiger partial charge < -0.3 is 0 Å². The molecule has 0 saturated heterocycles. The number of hydrogen-bond donors (Lipinski definition) is 2. The largest absolute Gasteiger partial charge is 0.290 e. The Labute approximate surface area is 85.3 Å². The summed E-state index contributed by atoms with van der Waals surface area (Å²) in [5.41, 5.74) is 3.22. The van der Waals surface area contributed by atoms with E-state index in [-0.39, 0.29) is 5.91 Å². The third-order valence-electron chi connectivity index (χ3n) is 2.12. The average molecular weight is 206 g/mol. The van der Waals surface area contributed by atoms with Crippen molar-refractivity contribution in [3.8, 4) is 0 Å². The van der Waals surface area contributed by atoms with E-state index in [1.54, 1.807) is 0 Å². The first-order chi connectivity index (χ1) is 7.27. The molecule has 3 N–H and O–H groups in total. The molecule has 78 valence electrons. The van der Waals surface area contributed by atoms with Gasteiger partial charge in [-0.15, -0.1) is 0 Å². The Kier molecular flexibility index (Phi) is 2.30. The van der Waals surface area contributed by atoms with E-state index in [4.69, 9.17) is 5.84 Å². The summed E-state index contributed by atoms with van der Waals surface area (Å²) in [6.45, 7) is 1.92. The Morgan fingerprint density at radius 1 is 1.60 bits per heavy atom. The minimum atomic E-state index is -0.378. The van der Waals surface area contributed by atoms with Crippen molar-refractivity contribution in [3.05, 3.63) is 23.8 Å². The molecule has 0 spiro atoms. The van der Waals surface area contributed by atoms with Crippen LogP contribution < -0.4 is 11.3 Å². The molecular weight excluding hydrogens is 196 g/mol. The molecule has 7 nitrogen and oxygen atoms in total. The van der Waals surface area contributed by atoms with Gasteiger partial charge in [0.2, 0.25) is 0 Å². The molecule has 0 aliphatic rings. The quantitative estimate of drug-likeness (QED) is 0.384. The van der Waals surface area contributed by atoms with Gasteiger partial charge in [-0.25, -0.2) is 15.3 Å². The number of nitrogens with one attached hydrogen (secondary N) is 1. The highest BCUT2D eigenvalue weighted by Gasteiger charge is 2.14. The molecule has 2 aromatic heterocycles. The number of nitrogen functional groups attached to an aromatic ring is 1. The van der Waals surface area contributed by atoms with Crippen LogP contribution in [-0.4, -0.2) is 25.5 Å². The van der Waals surface area contributed by atoms with Gasteiger partial charge >= 0.3 is 0 Å². The number of amides is 1. The number of carbonyl (C=O) groups excluding carboxylic acids is 1. The monoisotopic (exact) mass is 206 g/mol. The number of rotatable bonds is 2. The predicted octanol–water partition coefficient (Wildman–Crippen LogP) is -0.710. The lowest BCUT2D eigenvalue weighted by Crippen LogP contribution is -2.31. The summed E-state index contributed by atoms with van der Waals surface area (Å²) in [4.78, 5) is 19.3. The van der Waals surface area contributed by atoms with Crippen LogP contribution >= 0.6 is 0 Å². The molecule has 7 heteroatoms. The number of aromatic nitrogens is 4. The lowest BCUT2D eigenvalue weighted by molar-refractivity contribution is 0.0951. The highest BCUT2D eigenvalue weighted by molar-refractivity contribution is 5.94. The Morgan fingerprint density at radius 3 is 3.07 bits per heavy atom. The van der Waals surface area contributed by atoms with Gasteiger partial charge in [0.05, 0.1) is 11.3 Å². The highest BCUT2D eigenvalue weighted by atomic mass is 16.2. The van der Waals surface area contributed by atoms with Crippen molar-refractivity contribution >= 4 is 11.7 Å². The Balaban J connectivity index is 2.69. The van der Waals surface area contributed by atoms with Gasteiger partial charge in [0.15, 0.2) is 0 Å². The molecule has 2 heterocycles. The smallest absolute Gasteiger partial charge is 0.268 e. The van der Waals surface area contributed by atoms with Crippen molar-refractivity contribution in [2.75, 3.05) is 0 Å². The van der Waals surface area contributed by atoms with Gasteiger partial charge in [-0.05, 0) is 6.42 Å². The fourth-order valence-electron chi connectivity index (χ4n) is 1.43. The van der Waals surface area contributed by atoms with E-state index >= 15 is 0 Å². The number of nitrogens with two attached hydrogens (primary N) is 1. The first-order valence-corrected chi connectivity index (χ1v) is 4.46. The second kappa shape index (κ2) is 3.62. The fourth-order valence-corrected chi connectivity index (χ4v) is 1.43. The Hall–Kier alpha value is -2.02. The molecular formula is C8H10N6O. The molecule has 15 heavy (non-hydrogen) atoms. The maximum Gasteiger partial charge on any atom is 0.268 e. The third kappa shape index (κ3) is 1.42. The SMILES string of the molecule is CCc1c(C(=O)NN)cnc2ncnn12. The van der Waals surface area contributed by atoms with Gasteiger partial charge in [-0.2, -0.15) is 10.1 Å². The molecule has 0 aliphatic heterocycles. The fraction of sp³-hybridized carbons (Fsp3) is 0.250. The maximum absolute atomic E-state index is 11.4. The topological polar surface area (TPSA) is 98.2 Å². The molecule has 0 aliphatic carbocycles. The van der Waals surface area contributed by atoms with E-state index in [9.17, 15) is 4.79 Å². The van der Waals surface area contributed by atoms with Crippen LogP contribution in [0.15, 0.2) is 12.5 Å². The molecule has 0 radical (unpaired) electrons. The van der Waals surface area contributed by atoms with Crippen LogP contribution in [0.2, 0.25) is 0 Å². The van der Waals surface area contributed by atoms with E-state index in [1.807, 2.05) is 6.92 Å². The lowest BCUT2D eigenvalue weighted by Gasteiger charge is -2.06. The average Bonchev–Trinajstić information content (AvgIpc) is 2.74. The summed E-state index contributed by atoms with van der Waals surface area (Å²) < 4.78 is 1.53. The van der Waals surface area contributed by atoms with Crippen LogP contribution in [-0.2, 0) is 6.42 Å². The normalized spacial score (nSPS) is 10.5. The third-order valence-corrected chi connectivity index (χ3v) is 2.12. The van der Waals surface area contributed by atoms with E-state index in [1.165, 1.54) is 17.0 Å². The highest BCUT2D eigenvalue weighted by Crippen LogP contribution is 2.09. The summed E-state index contributed by atoms with van der Waals surface area (Å²) in [5.74, 6) is 5.17. The van der Waals surface area contributed by atoms with Crippen molar-refractivity contribution in [1.29, 1.82) is 0 Å². The summed E-state index contributed by atoms with van der Waals surface area (Å²) in [6.07, 6.45) is 3.49. The number of nitrogens with zero attached hydrogens (tertiary/aromatic N) is 4. The lowest BCUT2D eigenvalue weighted by atomic mass is 10.2. The zero-order chi connectivity index (χ0) is 10.8. The molecule has 0 unspecified atom stereocenters. The van der Waals surface area contributed by atoms with Crippen LogP contribution in [0.25, 0.3) is 5.78 Å². The number of hydrazine groups is 1. The Bertz CT molecular complexity index is 505. The van der Waals surface area contributed by atoms with Crippen molar-refractivity contribution < 1.29 is 4.79 Å². The molecule has 0 saturated carbocycles. The standard InChI is InChI=1S/C8H10N6O/c1-2-6-5(7(15)13-9)3-10-8-11-4-12-14(6)8/h3-4H,2,9H2,1H3,(H,13,15). The van der Waals surface area contributed by atoms with Crippen molar-refractivity contribution in [2.24, 2.45) is 5.84 Å². The van der Waals surface area contributed by atoms with Crippen LogP contribution in [0.1, 0.15) is 23.0 Å². The first-order valence-electron chi connectivity index (χ1n) is 4.46. The van der Waals surface area contributed by atoms with E-state index in [0.29, 0.717) is 17.8 Å². The molecule has 0 bridgehead atoms. The van der Waals surface area contributed by atoms with Crippen LogP contribution in [0.3, 0.4) is 0 Å². The predicted molar refractivity (Wildman–Crippen MR) is 51.8 cm³/mol. The van der Waals surface area contributed by atoms with E-state index in [2.05, 4.69) is 20.5 Å². The number of aryl methyl sites for hydroxylation is 1. The summed E-state index contributed by atoms with van der Waals surface area (Å²) in [6, 6.07) is 0. The number of hydrogen-bond acceptors (Lipinski definition) is 5. The number of carbonyl (C=O) groups is 1. The van der Waals surface area contributed by atoms with Gasteiger partial charge in [0.1, 0.15) is 6.33 Å². The molecule has 0 fully saturated rings. The van der Waals surface area contributed by atoms with Gasteiger partial charge in [0.25, 0.3) is 11.7 Å². The zero-order valence-corrected chi connectivity index (χ0v) is 8.14. The van der Waals surface area contributed by atoms with Gasteiger partial charge in [-0.3, -0.25) is 10.2 Å². The molecule has 0 atom stereocenters. The van der Waals surface area contributed by atoms with Crippen LogP contribution in [0.4, 0.5) is 0 Å². The molecule has 0 aromatic carbocycles. The number of fused-ring (bicyclic) bond motifs is 1. The first kappa shape index (κ1) is 9.53.